The molecule has 0 aromatic heterocycles. The number of alkyl halides is 6. The number of hydrogen-bond donors (Lipinski definition) is 1. The fourth-order valence-corrected chi connectivity index (χ4v) is 0.838. The van der Waals surface area contributed by atoms with Crippen LogP contribution < -0.4 is 0 Å². The van der Waals surface area contributed by atoms with Gasteiger partial charge in [-0.2, -0.15) is 17.6 Å². The smallest absolute Gasteiger partial charge is 0.365 e. The summed E-state index contributed by atoms with van der Waals surface area (Å²) in [6, 6.07) is 0. The second-order valence-electron chi connectivity index (χ2n) is 2.18. The molecule has 0 spiro atoms. The summed E-state index contributed by atoms with van der Waals surface area (Å²) in [5, 5.41) is -0.542. The summed E-state index contributed by atoms with van der Waals surface area (Å²) >= 11 is 8.55. The summed E-state index contributed by atoms with van der Waals surface area (Å²) in [4.78, 5) is 0. The average molecular weight is 251 g/mol. The molecular weight excluding hydrogens is 247 g/mol. The fraction of sp³-hybridized carbons (Fsp3) is 0.429. The minimum Gasteiger partial charge on any atom is -0.365 e. The lowest BCUT2D eigenvalue weighted by atomic mass is 10.1. The Bertz CT molecular complexity index is 267. The molecule has 0 saturated carbocycles. The maximum absolute atomic E-state index is 12.4. The van der Waals surface area contributed by atoms with E-state index in [1.54, 1.807) is 5.92 Å². The molecule has 0 fully saturated rings. The molecule has 0 aromatic carbocycles. The van der Waals surface area contributed by atoms with Gasteiger partial charge in [-0.25, -0.2) is 0 Å². The van der Waals surface area contributed by atoms with Gasteiger partial charge in [0.2, 0.25) is 0 Å². The fourth-order valence-electron chi connectivity index (χ4n) is 0.458. The molecule has 0 rings (SSSR count). The van der Waals surface area contributed by atoms with Gasteiger partial charge in [0, 0.05) is 0 Å². The van der Waals surface area contributed by atoms with Crippen molar-refractivity contribution in [3.63, 3.8) is 0 Å². The van der Waals surface area contributed by atoms with Crippen LogP contribution in [0.5, 0.6) is 0 Å². The summed E-state index contributed by atoms with van der Waals surface area (Å²) in [7, 11) is 0. The number of allylic oxidation sites excluding steroid dienone is 1. The van der Waals surface area contributed by atoms with Crippen molar-refractivity contribution >= 4 is 23.2 Å². The number of hydrogen-bond acceptors (Lipinski definition) is 1. The van der Waals surface area contributed by atoms with Gasteiger partial charge < -0.3 is 5.11 Å². The van der Waals surface area contributed by atoms with E-state index in [2.05, 4.69) is 29.8 Å². The highest BCUT2D eigenvalue weighted by molar-refractivity contribution is 6.26. The quantitative estimate of drug-likeness (QED) is 0.454. The van der Waals surface area contributed by atoms with E-state index in [0.717, 1.165) is 12.0 Å². The molecule has 80 valence electrons. The summed E-state index contributed by atoms with van der Waals surface area (Å²) in [5.41, 5.74) is -4.14. The second kappa shape index (κ2) is 3.97. The predicted octanol–water partition coefficient (Wildman–Crippen LogP) is 2.57. The third kappa shape index (κ3) is 2.53. The Kier molecular flexibility index (Phi) is 3.85. The topological polar surface area (TPSA) is 20.2 Å². The second-order valence-corrected chi connectivity index (χ2v) is 3.13. The van der Waals surface area contributed by atoms with Crippen molar-refractivity contribution in [1.82, 2.24) is 0 Å². The largest absolute Gasteiger partial charge is 0.368 e. The summed E-state index contributed by atoms with van der Waals surface area (Å²) < 4.78 is 49.6. The Hall–Kier alpha value is -0.440. The minimum absolute atomic E-state index is 0.732. The van der Waals surface area contributed by atoms with Crippen molar-refractivity contribution in [2.45, 2.75) is 16.4 Å². The van der Waals surface area contributed by atoms with Gasteiger partial charge in [0.05, 0.1) is 0 Å². The predicted molar refractivity (Wildman–Crippen MR) is 44.5 cm³/mol. The number of rotatable bonds is 2. The third-order valence-corrected chi connectivity index (χ3v) is 1.72. The molecule has 0 unspecified atom stereocenters. The molecule has 0 radical (unpaired) electrons. The highest BCUT2D eigenvalue weighted by Crippen LogP contribution is 2.45. The Morgan fingerprint density at radius 3 is 1.71 bits per heavy atom. The van der Waals surface area contributed by atoms with Gasteiger partial charge in [-0.1, -0.05) is 12.5 Å². The van der Waals surface area contributed by atoms with Gasteiger partial charge in [-0.15, -0.1) is 0 Å². The summed E-state index contributed by atoms with van der Waals surface area (Å²) in [6.45, 7) is 2.97. The molecule has 7 heteroatoms. The molecule has 0 aliphatic heterocycles. The van der Waals surface area contributed by atoms with Crippen molar-refractivity contribution in [1.29, 1.82) is 0 Å². The Balaban J connectivity index is 5.40. The van der Waals surface area contributed by atoms with Crippen LogP contribution in [-0.2, 0) is 0 Å². The zero-order chi connectivity index (χ0) is 11.6. The van der Waals surface area contributed by atoms with Crippen LogP contribution in [0.4, 0.5) is 17.6 Å². The Morgan fingerprint density at radius 1 is 1.14 bits per heavy atom. The summed E-state index contributed by atoms with van der Waals surface area (Å²) in [5.74, 6) is 2.79. The first-order valence-electron chi connectivity index (χ1n) is 3.05. The molecule has 14 heavy (non-hydrogen) atoms. The van der Waals surface area contributed by atoms with Gasteiger partial charge >= 0.3 is 10.8 Å². The van der Waals surface area contributed by atoms with Crippen LogP contribution in [0.1, 0.15) is 0 Å². The zero-order valence-electron chi connectivity index (χ0n) is 6.50. The first-order valence-corrected chi connectivity index (χ1v) is 3.81. The van der Waals surface area contributed by atoms with Crippen LogP contribution >= 0.6 is 23.2 Å². The van der Waals surface area contributed by atoms with Crippen molar-refractivity contribution < 1.29 is 22.7 Å². The van der Waals surface area contributed by atoms with E-state index >= 15 is 0 Å². The molecule has 0 aliphatic rings. The van der Waals surface area contributed by atoms with Crippen molar-refractivity contribution in [2.75, 3.05) is 0 Å². The molecule has 0 atom stereocenters. The molecule has 0 aromatic rings. The van der Waals surface area contributed by atoms with Crippen LogP contribution in [0.25, 0.3) is 0 Å². The first kappa shape index (κ1) is 13.6. The molecule has 0 aliphatic carbocycles. The van der Waals surface area contributed by atoms with Crippen molar-refractivity contribution in [3.8, 4) is 11.8 Å². The SMILES string of the molecule is C=CC#CC(O)(C(F)(F)Cl)C(F)(F)Cl. The van der Waals surface area contributed by atoms with E-state index in [1.807, 2.05) is 0 Å². The third-order valence-electron chi connectivity index (χ3n) is 1.18. The lowest BCUT2D eigenvalue weighted by Crippen LogP contribution is -2.54. The standard InChI is InChI=1S/C7H4Cl2F4O/c1-2-3-4-5(14,6(8,10)11)7(9,12)13/h2,14H,1H2. The number of halogens is 6. The van der Waals surface area contributed by atoms with Gasteiger partial charge in [0.25, 0.3) is 5.60 Å². The molecule has 1 N–H and O–H groups in total. The Labute approximate surface area is 87.3 Å². The molecule has 0 heterocycles. The minimum atomic E-state index is -4.69. The van der Waals surface area contributed by atoms with Crippen LogP contribution in [-0.4, -0.2) is 21.5 Å². The van der Waals surface area contributed by atoms with Crippen LogP contribution in [0.2, 0.25) is 0 Å². The highest BCUT2D eigenvalue weighted by atomic mass is 35.5. The molecule has 0 bridgehead atoms. The summed E-state index contributed by atoms with van der Waals surface area (Å²) in [6.07, 6.45) is 0.732. The Morgan fingerprint density at radius 2 is 1.50 bits per heavy atom. The average Bonchev–Trinajstić information content (AvgIpc) is 1.95. The van der Waals surface area contributed by atoms with Crippen molar-refractivity contribution in [2.24, 2.45) is 0 Å². The van der Waals surface area contributed by atoms with E-state index in [9.17, 15) is 17.6 Å². The van der Waals surface area contributed by atoms with Crippen LogP contribution in [0, 0.1) is 11.8 Å². The lowest BCUT2D eigenvalue weighted by Gasteiger charge is -2.29. The molecule has 1 nitrogen and oxygen atoms in total. The lowest BCUT2D eigenvalue weighted by molar-refractivity contribution is -0.181. The van der Waals surface area contributed by atoms with E-state index in [1.165, 1.54) is 0 Å². The van der Waals surface area contributed by atoms with Crippen LogP contribution in [0.15, 0.2) is 12.7 Å². The first-order chi connectivity index (χ1) is 6.06. The molecule has 0 amide bonds. The van der Waals surface area contributed by atoms with E-state index in [4.69, 9.17) is 5.11 Å². The zero-order valence-corrected chi connectivity index (χ0v) is 8.01. The van der Waals surface area contributed by atoms with Gasteiger partial charge in [0.15, 0.2) is 0 Å². The van der Waals surface area contributed by atoms with Gasteiger partial charge in [-0.3, -0.25) is 0 Å². The van der Waals surface area contributed by atoms with E-state index < -0.39 is 16.4 Å². The van der Waals surface area contributed by atoms with E-state index in [-0.39, 0.29) is 0 Å². The molecule has 0 saturated heterocycles. The maximum atomic E-state index is 12.4. The molecular formula is C7H4Cl2F4O. The monoisotopic (exact) mass is 250 g/mol. The van der Waals surface area contributed by atoms with Gasteiger partial charge in [0.1, 0.15) is 0 Å². The van der Waals surface area contributed by atoms with Gasteiger partial charge in [-0.05, 0) is 35.2 Å². The number of aliphatic hydroxyl groups is 1. The van der Waals surface area contributed by atoms with Crippen molar-refractivity contribution in [3.05, 3.63) is 12.7 Å². The highest BCUT2D eigenvalue weighted by Gasteiger charge is 2.66. The normalized spacial score (nSPS) is 13.1. The van der Waals surface area contributed by atoms with Crippen LogP contribution in [0.3, 0.4) is 0 Å². The maximum Gasteiger partial charge on any atom is 0.368 e. The van der Waals surface area contributed by atoms with E-state index in [0.29, 0.717) is 0 Å².